The minimum absolute atomic E-state index is 0.832. The van der Waals surface area contributed by atoms with Crippen LogP contribution < -0.4 is 0 Å². The van der Waals surface area contributed by atoms with Gasteiger partial charge in [0.2, 0.25) is 0 Å². The molecule has 8 heavy (non-hydrogen) atoms. The van der Waals surface area contributed by atoms with Crippen LogP contribution in [0.1, 0.15) is 13.3 Å². The van der Waals surface area contributed by atoms with Gasteiger partial charge in [-0.15, -0.1) is 0 Å². The van der Waals surface area contributed by atoms with Crippen LogP contribution in [0.4, 0.5) is 0 Å². The lowest BCUT2D eigenvalue weighted by atomic mass is 10.5. The molecule has 0 rings (SSSR count). The van der Waals surface area contributed by atoms with Crippen LogP contribution in [-0.2, 0) is 0 Å². The lowest BCUT2D eigenvalue weighted by Gasteiger charge is -1.98. The first-order valence-corrected chi connectivity index (χ1v) is 2.82. The van der Waals surface area contributed by atoms with Gasteiger partial charge >= 0.3 is 0 Å². The summed E-state index contributed by atoms with van der Waals surface area (Å²) in [5.41, 5.74) is 0. The van der Waals surface area contributed by atoms with Crippen LogP contribution in [0.15, 0.2) is 10.3 Å². The molecule has 48 valence electrons. The van der Waals surface area contributed by atoms with E-state index < -0.39 is 0 Å². The van der Waals surface area contributed by atoms with Gasteiger partial charge in [0.05, 0.1) is 6.54 Å². The minimum Gasteiger partial charge on any atom is -0.285 e. The Morgan fingerprint density at radius 3 is 2.38 bits per heavy atom. The molecule has 3 heteroatoms. The Morgan fingerprint density at radius 1 is 1.38 bits per heavy atom. The van der Waals surface area contributed by atoms with E-state index in [0.29, 0.717) is 0 Å². The van der Waals surface area contributed by atoms with Crippen LogP contribution in [-0.4, -0.2) is 25.6 Å². The second-order valence-corrected chi connectivity index (χ2v) is 1.80. The molecule has 3 nitrogen and oxygen atoms in total. The summed E-state index contributed by atoms with van der Waals surface area (Å²) >= 11 is 0. The summed E-state index contributed by atoms with van der Waals surface area (Å²) in [6.45, 7) is 2.91. The average molecular weight is 115 g/mol. The Hall–Kier alpha value is -0.600. The highest BCUT2D eigenvalue weighted by atomic mass is 15.5. The van der Waals surface area contributed by atoms with Crippen molar-refractivity contribution in [2.75, 3.05) is 20.6 Å². The van der Waals surface area contributed by atoms with Crippen molar-refractivity contribution in [2.45, 2.75) is 13.3 Å². The summed E-state index contributed by atoms with van der Waals surface area (Å²) in [4.78, 5) is 0. The standard InChI is InChI=1S/C5H13N3/c1-4-5-6-7-8(2)3/h4-5H2,1-3H3/b7-6-. The third kappa shape index (κ3) is 5.40. The molecule has 0 bridgehead atoms. The fourth-order valence-corrected chi connectivity index (χ4v) is 0.271. The Bertz CT molecular complexity index is 68.1. The zero-order valence-electron chi connectivity index (χ0n) is 5.76. The third-order valence-electron chi connectivity index (χ3n) is 0.566. The van der Waals surface area contributed by atoms with Gasteiger partial charge in [-0.2, -0.15) is 5.11 Å². The topological polar surface area (TPSA) is 28.0 Å². The van der Waals surface area contributed by atoms with Gasteiger partial charge in [0.25, 0.3) is 0 Å². The van der Waals surface area contributed by atoms with Crippen LogP contribution in [0.5, 0.6) is 0 Å². The van der Waals surface area contributed by atoms with E-state index in [0.717, 1.165) is 13.0 Å². The van der Waals surface area contributed by atoms with Gasteiger partial charge in [-0.1, -0.05) is 12.1 Å². The van der Waals surface area contributed by atoms with E-state index in [2.05, 4.69) is 17.3 Å². The summed E-state index contributed by atoms with van der Waals surface area (Å²) < 4.78 is 0. The molecule has 0 aromatic heterocycles. The molecule has 0 fully saturated rings. The van der Waals surface area contributed by atoms with Crippen LogP contribution in [0.2, 0.25) is 0 Å². The van der Waals surface area contributed by atoms with Crippen molar-refractivity contribution in [1.29, 1.82) is 0 Å². The Balaban J connectivity index is 3.07. The fraction of sp³-hybridized carbons (Fsp3) is 1.00. The van der Waals surface area contributed by atoms with Crippen molar-refractivity contribution in [3.63, 3.8) is 0 Å². The molecule has 0 aliphatic heterocycles. The quantitative estimate of drug-likeness (QED) is 0.402. The van der Waals surface area contributed by atoms with Crippen LogP contribution in [0.25, 0.3) is 0 Å². The van der Waals surface area contributed by atoms with E-state index in [1.54, 1.807) is 5.01 Å². The molecule has 0 saturated heterocycles. The van der Waals surface area contributed by atoms with E-state index in [1.807, 2.05) is 14.1 Å². The van der Waals surface area contributed by atoms with Gasteiger partial charge in [-0.25, -0.2) is 0 Å². The first-order valence-electron chi connectivity index (χ1n) is 2.82. The SMILES string of the molecule is CCC/N=N\N(C)C. The number of nitrogens with zero attached hydrogens (tertiary/aromatic N) is 3. The summed E-state index contributed by atoms with van der Waals surface area (Å²) in [6, 6.07) is 0. The largest absolute Gasteiger partial charge is 0.285 e. The molecule has 0 amide bonds. The van der Waals surface area contributed by atoms with Crippen molar-refractivity contribution in [3.8, 4) is 0 Å². The monoisotopic (exact) mass is 115 g/mol. The highest BCUT2D eigenvalue weighted by molar-refractivity contribution is 4.30. The summed E-state index contributed by atoms with van der Waals surface area (Å²) in [6.07, 6.45) is 1.07. The Kier molecular flexibility index (Phi) is 4.21. The molecule has 0 aromatic carbocycles. The maximum atomic E-state index is 3.84. The van der Waals surface area contributed by atoms with Crippen LogP contribution in [0, 0.1) is 0 Å². The smallest absolute Gasteiger partial charge is 0.0617 e. The van der Waals surface area contributed by atoms with Gasteiger partial charge in [0.15, 0.2) is 0 Å². The van der Waals surface area contributed by atoms with Crippen molar-refractivity contribution >= 4 is 0 Å². The van der Waals surface area contributed by atoms with E-state index in [-0.39, 0.29) is 0 Å². The second kappa shape index (κ2) is 4.56. The van der Waals surface area contributed by atoms with Crippen LogP contribution >= 0.6 is 0 Å². The molecule has 0 atom stereocenters. The highest BCUT2D eigenvalue weighted by Crippen LogP contribution is 1.81. The van der Waals surface area contributed by atoms with E-state index in [1.165, 1.54) is 0 Å². The van der Waals surface area contributed by atoms with Gasteiger partial charge in [0.1, 0.15) is 0 Å². The molecule has 0 spiro atoms. The molecule has 0 aliphatic rings. The molecular weight excluding hydrogens is 102 g/mol. The average Bonchev–Trinajstić information content (AvgIpc) is 1.66. The van der Waals surface area contributed by atoms with Gasteiger partial charge in [0, 0.05) is 14.1 Å². The maximum Gasteiger partial charge on any atom is 0.0617 e. The maximum absolute atomic E-state index is 3.84. The van der Waals surface area contributed by atoms with Crippen LogP contribution in [0.3, 0.4) is 0 Å². The molecule has 0 N–H and O–H groups in total. The lowest BCUT2D eigenvalue weighted by Crippen LogP contribution is -1.99. The molecule has 0 heterocycles. The van der Waals surface area contributed by atoms with Gasteiger partial charge < -0.3 is 0 Å². The molecule has 0 radical (unpaired) electrons. The predicted molar refractivity (Wildman–Crippen MR) is 33.7 cm³/mol. The molecular formula is C5H13N3. The zero-order valence-corrected chi connectivity index (χ0v) is 5.76. The lowest BCUT2D eigenvalue weighted by molar-refractivity contribution is 0.398. The van der Waals surface area contributed by atoms with Crippen molar-refractivity contribution in [1.82, 2.24) is 5.01 Å². The summed E-state index contributed by atoms with van der Waals surface area (Å²) in [5.74, 6) is 0. The molecule has 0 saturated carbocycles. The Morgan fingerprint density at radius 2 is 2.00 bits per heavy atom. The molecule has 0 unspecified atom stereocenters. The zero-order chi connectivity index (χ0) is 6.41. The van der Waals surface area contributed by atoms with E-state index in [9.17, 15) is 0 Å². The van der Waals surface area contributed by atoms with E-state index in [4.69, 9.17) is 0 Å². The number of hydrogen-bond acceptors (Lipinski definition) is 2. The fourth-order valence-electron chi connectivity index (χ4n) is 0.271. The number of hydrogen-bond donors (Lipinski definition) is 0. The van der Waals surface area contributed by atoms with Crippen molar-refractivity contribution in [3.05, 3.63) is 0 Å². The van der Waals surface area contributed by atoms with Crippen molar-refractivity contribution < 1.29 is 0 Å². The second-order valence-electron chi connectivity index (χ2n) is 1.80. The predicted octanol–water partition coefficient (Wildman–Crippen LogP) is 1.33. The molecule has 0 aromatic rings. The van der Waals surface area contributed by atoms with Gasteiger partial charge in [-0.05, 0) is 6.42 Å². The third-order valence-corrected chi connectivity index (χ3v) is 0.566. The normalized spacial score (nSPS) is 10.4. The first-order chi connectivity index (χ1) is 3.77. The van der Waals surface area contributed by atoms with E-state index >= 15 is 0 Å². The highest BCUT2D eigenvalue weighted by Gasteiger charge is 1.75. The minimum atomic E-state index is 0.832. The summed E-state index contributed by atoms with van der Waals surface area (Å²) in [5, 5.41) is 9.30. The summed E-state index contributed by atoms with van der Waals surface area (Å²) in [7, 11) is 3.72. The van der Waals surface area contributed by atoms with Gasteiger partial charge in [-0.3, -0.25) is 5.01 Å². The molecule has 0 aliphatic carbocycles. The first kappa shape index (κ1) is 7.40. The number of rotatable bonds is 3. The Labute approximate surface area is 50.4 Å². The van der Waals surface area contributed by atoms with Crippen molar-refractivity contribution in [2.24, 2.45) is 10.3 Å².